The molecular formula is C17H23N3O5. The molecule has 1 fully saturated rings. The van der Waals surface area contributed by atoms with Crippen LogP contribution in [0.3, 0.4) is 0 Å². The molecule has 4 N–H and O–H groups in total. The predicted molar refractivity (Wildman–Crippen MR) is 91.7 cm³/mol. The lowest BCUT2D eigenvalue weighted by molar-refractivity contribution is -0.143. The first-order valence-electron chi connectivity index (χ1n) is 8.17. The first-order valence-corrected chi connectivity index (χ1v) is 8.17. The van der Waals surface area contributed by atoms with Gasteiger partial charge in [0.2, 0.25) is 0 Å². The summed E-state index contributed by atoms with van der Waals surface area (Å²) in [6, 6.07) is 4.24. The number of nitrogens with zero attached hydrogens (tertiary/aromatic N) is 1. The largest absolute Gasteiger partial charge is 0.490 e. The molecule has 0 aromatic heterocycles. The fraction of sp³-hybridized carbons (Fsp3) is 0.471. The highest BCUT2D eigenvalue weighted by Gasteiger charge is 2.28. The van der Waals surface area contributed by atoms with Gasteiger partial charge in [-0.2, -0.15) is 0 Å². The van der Waals surface area contributed by atoms with E-state index in [-0.39, 0.29) is 18.2 Å². The molecule has 1 aromatic rings. The average molecular weight is 349 g/mol. The van der Waals surface area contributed by atoms with Gasteiger partial charge in [-0.15, -0.1) is 0 Å². The summed E-state index contributed by atoms with van der Waals surface area (Å²) in [5, 5.41) is 11.8. The summed E-state index contributed by atoms with van der Waals surface area (Å²) in [5.74, 6) is -1.76. The normalized spacial score (nSPS) is 17.2. The van der Waals surface area contributed by atoms with Gasteiger partial charge in [0, 0.05) is 18.8 Å². The van der Waals surface area contributed by atoms with E-state index in [0.717, 1.165) is 0 Å². The minimum atomic E-state index is -0.899. The molecule has 25 heavy (non-hydrogen) atoms. The molecule has 1 saturated heterocycles. The summed E-state index contributed by atoms with van der Waals surface area (Å²) >= 11 is 0. The fourth-order valence-electron chi connectivity index (χ4n) is 2.72. The smallest absolute Gasteiger partial charge is 0.321 e. The van der Waals surface area contributed by atoms with Crippen LogP contribution in [0.25, 0.3) is 0 Å². The number of amides is 3. The molecule has 1 atom stereocenters. The number of carboxylic acids is 1. The molecule has 1 aliphatic heterocycles. The zero-order valence-electron chi connectivity index (χ0n) is 14.3. The van der Waals surface area contributed by atoms with E-state index >= 15 is 0 Å². The Bertz CT molecular complexity index is 674. The number of ether oxygens (including phenoxy) is 1. The zero-order valence-corrected chi connectivity index (χ0v) is 14.3. The van der Waals surface area contributed by atoms with E-state index in [1.54, 1.807) is 12.1 Å². The van der Waals surface area contributed by atoms with E-state index in [2.05, 4.69) is 5.32 Å². The van der Waals surface area contributed by atoms with E-state index in [0.29, 0.717) is 30.8 Å². The van der Waals surface area contributed by atoms with Crippen LogP contribution in [0, 0.1) is 5.92 Å². The molecule has 2 rings (SSSR count). The van der Waals surface area contributed by atoms with Crippen LogP contribution < -0.4 is 15.8 Å². The molecule has 0 radical (unpaired) electrons. The number of nitrogens with two attached hydrogens (primary N) is 1. The second-order valence-electron chi connectivity index (χ2n) is 6.30. The number of nitrogens with one attached hydrogen (secondary N) is 1. The third kappa shape index (κ3) is 4.85. The van der Waals surface area contributed by atoms with Gasteiger partial charge in [-0.3, -0.25) is 9.59 Å². The Kier molecular flexibility index (Phi) is 5.84. The van der Waals surface area contributed by atoms with Crippen molar-refractivity contribution in [2.24, 2.45) is 11.7 Å². The van der Waals surface area contributed by atoms with Gasteiger partial charge in [-0.25, -0.2) is 4.79 Å². The number of hydrogen-bond donors (Lipinski definition) is 3. The standard InChI is InChI=1S/C17H23N3O5/c1-10(2)25-14-6-5-12(8-13(14)15(18)21)19-17(24)20-7-3-4-11(9-20)16(22)23/h5-6,8,10-11H,3-4,7,9H2,1-2H3,(H2,18,21)(H,19,24)(H,22,23). The molecular weight excluding hydrogens is 326 g/mol. The van der Waals surface area contributed by atoms with Crippen molar-refractivity contribution >= 4 is 23.6 Å². The number of anilines is 1. The van der Waals surface area contributed by atoms with Crippen molar-refractivity contribution in [3.8, 4) is 5.75 Å². The third-order valence-corrected chi connectivity index (χ3v) is 3.92. The third-order valence-electron chi connectivity index (χ3n) is 3.92. The van der Waals surface area contributed by atoms with Crippen molar-refractivity contribution in [3.63, 3.8) is 0 Å². The Morgan fingerprint density at radius 3 is 2.68 bits per heavy atom. The minimum absolute atomic E-state index is 0.125. The minimum Gasteiger partial charge on any atom is -0.490 e. The molecule has 3 amide bonds. The SMILES string of the molecule is CC(C)Oc1ccc(NC(=O)N2CCCC(C(=O)O)C2)cc1C(N)=O. The van der Waals surface area contributed by atoms with Crippen LogP contribution in [0.5, 0.6) is 5.75 Å². The van der Waals surface area contributed by atoms with Crippen LogP contribution in [0.2, 0.25) is 0 Å². The van der Waals surface area contributed by atoms with Crippen LogP contribution in [0.1, 0.15) is 37.0 Å². The quantitative estimate of drug-likeness (QED) is 0.749. The highest BCUT2D eigenvalue weighted by atomic mass is 16.5. The summed E-state index contributed by atoms with van der Waals surface area (Å²) in [4.78, 5) is 36.5. The maximum atomic E-state index is 12.4. The number of carbonyl (C=O) groups is 3. The van der Waals surface area contributed by atoms with Crippen LogP contribution in [-0.2, 0) is 4.79 Å². The average Bonchev–Trinajstić information content (AvgIpc) is 2.55. The molecule has 0 spiro atoms. The van der Waals surface area contributed by atoms with Gasteiger partial charge in [0.1, 0.15) is 5.75 Å². The molecule has 8 nitrogen and oxygen atoms in total. The molecule has 1 unspecified atom stereocenters. The number of likely N-dealkylation sites (tertiary alicyclic amines) is 1. The molecule has 0 saturated carbocycles. The summed E-state index contributed by atoms with van der Waals surface area (Å²) in [6.45, 7) is 4.32. The van der Waals surface area contributed by atoms with Crippen LogP contribution in [0.15, 0.2) is 18.2 Å². The van der Waals surface area contributed by atoms with Crippen LogP contribution >= 0.6 is 0 Å². The Labute approximate surface area is 145 Å². The highest BCUT2D eigenvalue weighted by Crippen LogP contribution is 2.24. The lowest BCUT2D eigenvalue weighted by atomic mass is 9.99. The number of aliphatic carboxylic acids is 1. The van der Waals surface area contributed by atoms with E-state index in [1.165, 1.54) is 11.0 Å². The Morgan fingerprint density at radius 1 is 1.36 bits per heavy atom. The van der Waals surface area contributed by atoms with Crippen LogP contribution in [0.4, 0.5) is 10.5 Å². The second kappa shape index (κ2) is 7.87. The number of primary amides is 1. The summed E-state index contributed by atoms with van der Waals surface area (Å²) in [5.41, 5.74) is 5.95. The Morgan fingerprint density at radius 2 is 2.08 bits per heavy atom. The van der Waals surface area contributed by atoms with E-state index < -0.39 is 23.8 Å². The van der Waals surface area contributed by atoms with Crippen molar-refractivity contribution in [2.45, 2.75) is 32.8 Å². The number of carbonyl (C=O) groups excluding carboxylic acids is 2. The van der Waals surface area contributed by atoms with Gasteiger partial charge in [-0.1, -0.05) is 0 Å². The Hall–Kier alpha value is -2.77. The van der Waals surface area contributed by atoms with Gasteiger partial charge >= 0.3 is 12.0 Å². The monoisotopic (exact) mass is 349 g/mol. The molecule has 136 valence electrons. The lowest BCUT2D eigenvalue weighted by Gasteiger charge is -2.30. The van der Waals surface area contributed by atoms with Gasteiger partial charge in [0.25, 0.3) is 5.91 Å². The van der Waals surface area contributed by atoms with Gasteiger partial charge in [-0.05, 0) is 44.9 Å². The van der Waals surface area contributed by atoms with E-state index in [9.17, 15) is 14.4 Å². The van der Waals surface area contributed by atoms with Crippen molar-refractivity contribution in [3.05, 3.63) is 23.8 Å². The first-order chi connectivity index (χ1) is 11.8. The maximum absolute atomic E-state index is 12.4. The number of urea groups is 1. The summed E-state index contributed by atoms with van der Waals surface area (Å²) in [7, 11) is 0. The van der Waals surface area contributed by atoms with Crippen LogP contribution in [-0.4, -0.2) is 47.1 Å². The van der Waals surface area contributed by atoms with Crippen molar-refractivity contribution < 1.29 is 24.2 Å². The topological polar surface area (TPSA) is 122 Å². The molecule has 1 aliphatic rings. The number of piperidine rings is 1. The molecule has 0 bridgehead atoms. The summed E-state index contributed by atoms with van der Waals surface area (Å²) < 4.78 is 5.53. The van der Waals surface area contributed by atoms with E-state index in [1.807, 2.05) is 13.8 Å². The number of rotatable bonds is 5. The zero-order chi connectivity index (χ0) is 18.6. The Balaban J connectivity index is 2.11. The van der Waals surface area contributed by atoms with Crippen molar-refractivity contribution in [2.75, 3.05) is 18.4 Å². The number of hydrogen-bond acceptors (Lipinski definition) is 4. The molecule has 8 heteroatoms. The molecule has 0 aliphatic carbocycles. The number of benzene rings is 1. The maximum Gasteiger partial charge on any atom is 0.321 e. The lowest BCUT2D eigenvalue weighted by Crippen LogP contribution is -2.44. The predicted octanol–water partition coefficient (Wildman–Crippen LogP) is 1.90. The molecule has 1 heterocycles. The number of carboxylic acid groups (broad SMARTS) is 1. The molecule has 1 aromatic carbocycles. The van der Waals surface area contributed by atoms with Gasteiger partial charge in [0.15, 0.2) is 0 Å². The van der Waals surface area contributed by atoms with Gasteiger partial charge in [0.05, 0.1) is 17.6 Å². The summed E-state index contributed by atoms with van der Waals surface area (Å²) in [6.07, 6.45) is 1.07. The highest BCUT2D eigenvalue weighted by molar-refractivity contribution is 5.98. The van der Waals surface area contributed by atoms with Crippen molar-refractivity contribution in [1.82, 2.24) is 4.90 Å². The van der Waals surface area contributed by atoms with Crippen molar-refractivity contribution in [1.29, 1.82) is 0 Å². The van der Waals surface area contributed by atoms with Gasteiger partial charge < -0.3 is 25.8 Å². The second-order valence-corrected chi connectivity index (χ2v) is 6.30. The first kappa shape index (κ1) is 18.6. The fourth-order valence-corrected chi connectivity index (χ4v) is 2.72. The van der Waals surface area contributed by atoms with E-state index in [4.69, 9.17) is 15.6 Å².